The summed E-state index contributed by atoms with van der Waals surface area (Å²) < 4.78 is 5.51. The van der Waals surface area contributed by atoms with E-state index in [2.05, 4.69) is 19.8 Å². The molecule has 108 valence electrons. The van der Waals surface area contributed by atoms with Crippen molar-refractivity contribution in [3.8, 4) is 12.3 Å². The van der Waals surface area contributed by atoms with Gasteiger partial charge in [-0.15, -0.1) is 12.3 Å². The van der Waals surface area contributed by atoms with E-state index < -0.39 is 5.60 Å². The summed E-state index contributed by atoms with van der Waals surface area (Å²) in [6.45, 7) is 12.7. The molecule has 0 bridgehead atoms. The summed E-state index contributed by atoms with van der Waals surface area (Å²) in [4.78, 5) is 14.2. The first-order valence-corrected chi connectivity index (χ1v) is 7.01. The number of hydrogen-bond donors (Lipinski definition) is 0. The molecule has 1 saturated heterocycles. The highest BCUT2D eigenvalue weighted by molar-refractivity contribution is 5.69. The van der Waals surface area contributed by atoms with E-state index in [0.717, 1.165) is 12.8 Å². The van der Waals surface area contributed by atoms with E-state index in [9.17, 15) is 4.79 Å². The van der Waals surface area contributed by atoms with Crippen molar-refractivity contribution in [1.29, 1.82) is 0 Å². The second kappa shape index (κ2) is 5.45. The molecule has 0 spiro atoms. The maximum Gasteiger partial charge on any atom is 0.410 e. The molecule has 0 aliphatic carbocycles. The molecule has 0 N–H and O–H groups in total. The summed E-state index contributed by atoms with van der Waals surface area (Å²) in [7, 11) is 0. The number of carbonyl (C=O) groups excluding carboxylic acids is 1. The summed E-state index contributed by atoms with van der Waals surface area (Å²) in [5.74, 6) is 2.82. The van der Waals surface area contributed by atoms with Crippen LogP contribution in [0.2, 0.25) is 0 Å². The number of amides is 1. The van der Waals surface area contributed by atoms with Crippen molar-refractivity contribution in [3.63, 3.8) is 0 Å². The first kappa shape index (κ1) is 15.9. The van der Waals surface area contributed by atoms with Gasteiger partial charge in [-0.05, 0) is 46.0 Å². The highest BCUT2D eigenvalue weighted by Crippen LogP contribution is 2.35. The maximum atomic E-state index is 12.4. The van der Waals surface area contributed by atoms with Crippen molar-refractivity contribution in [2.75, 3.05) is 6.54 Å². The predicted molar refractivity (Wildman–Crippen MR) is 77.7 cm³/mol. The van der Waals surface area contributed by atoms with Gasteiger partial charge in [0.15, 0.2) is 0 Å². The minimum atomic E-state index is -0.470. The lowest BCUT2D eigenvalue weighted by Gasteiger charge is -2.45. The number of terminal acetylenes is 1. The van der Waals surface area contributed by atoms with Gasteiger partial charge in [-0.1, -0.05) is 13.8 Å². The second-order valence-electron chi connectivity index (χ2n) is 7.33. The largest absolute Gasteiger partial charge is 0.444 e. The molecule has 1 aliphatic rings. The number of rotatable bonds is 1. The second-order valence-corrected chi connectivity index (χ2v) is 7.33. The zero-order valence-corrected chi connectivity index (χ0v) is 13.1. The number of piperidine rings is 1. The smallest absolute Gasteiger partial charge is 0.410 e. The third-order valence-electron chi connectivity index (χ3n) is 3.58. The molecular formula is C16H27NO2. The van der Waals surface area contributed by atoms with E-state index >= 15 is 0 Å². The minimum Gasteiger partial charge on any atom is -0.444 e. The van der Waals surface area contributed by atoms with Crippen LogP contribution in [0.4, 0.5) is 4.79 Å². The van der Waals surface area contributed by atoms with Crippen molar-refractivity contribution in [2.24, 2.45) is 11.3 Å². The van der Waals surface area contributed by atoms with Crippen LogP contribution in [0.3, 0.4) is 0 Å². The number of carbonyl (C=O) groups is 1. The summed E-state index contributed by atoms with van der Waals surface area (Å²) in [5.41, 5.74) is -0.343. The molecule has 1 aliphatic heterocycles. The molecule has 1 amide bonds. The zero-order valence-electron chi connectivity index (χ0n) is 13.1. The topological polar surface area (TPSA) is 29.5 Å². The average molecular weight is 265 g/mol. The van der Waals surface area contributed by atoms with Crippen LogP contribution >= 0.6 is 0 Å². The molecule has 3 heteroatoms. The Morgan fingerprint density at radius 2 is 2.05 bits per heavy atom. The third kappa shape index (κ3) is 4.45. The van der Waals surface area contributed by atoms with Crippen LogP contribution in [-0.4, -0.2) is 29.2 Å². The number of nitrogens with zero attached hydrogens (tertiary/aromatic N) is 1. The van der Waals surface area contributed by atoms with Gasteiger partial charge >= 0.3 is 6.09 Å². The van der Waals surface area contributed by atoms with Gasteiger partial charge in [0.2, 0.25) is 0 Å². The van der Waals surface area contributed by atoms with Crippen LogP contribution in [-0.2, 0) is 4.74 Å². The van der Waals surface area contributed by atoms with Crippen molar-refractivity contribution in [2.45, 2.75) is 66.0 Å². The summed E-state index contributed by atoms with van der Waals surface area (Å²) >= 11 is 0. The SMILES string of the molecule is C#CC(C)C1CCC(C)(C)CN1C(=O)OC(C)(C)C. The lowest BCUT2D eigenvalue weighted by atomic mass is 9.78. The Kier molecular flexibility index (Phi) is 4.55. The molecule has 2 unspecified atom stereocenters. The first-order valence-electron chi connectivity index (χ1n) is 7.01. The molecule has 1 rings (SSSR count). The molecule has 0 radical (unpaired) electrons. The number of hydrogen-bond acceptors (Lipinski definition) is 2. The lowest BCUT2D eigenvalue weighted by molar-refractivity contribution is -0.0126. The molecule has 0 aromatic heterocycles. The molecule has 1 heterocycles. The quantitative estimate of drug-likeness (QED) is 0.677. The monoisotopic (exact) mass is 265 g/mol. The predicted octanol–water partition coefficient (Wildman–Crippen LogP) is 3.68. The molecular weight excluding hydrogens is 238 g/mol. The van der Waals surface area contributed by atoms with Gasteiger partial charge < -0.3 is 9.64 Å². The van der Waals surface area contributed by atoms with Crippen LogP contribution in [0.15, 0.2) is 0 Å². The third-order valence-corrected chi connectivity index (χ3v) is 3.58. The molecule has 2 atom stereocenters. The molecule has 19 heavy (non-hydrogen) atoms. The Bertz CT molecular complexity index is 373. The standard InChI is InChI=1S/C16H27NO2/c1-8-12(2)13-9-10-16(6,7)11-17(13)14(18)19-15(3,4)5/h1,12-13H,9-11H2,2-7H3. The summed E-state index contributed by atoms with van der Waals surface area (Å²) in [6.07, 6.45) is 7.32. The normalized spacial score (nSPS) is 24.5. The van der Waals surface area contributed by atoms with E-state index in [1.54, 1.807) is 0 Å². The number of ether oxygens (including phenoxy) is 1. The lowest BCUT2D eigenvalue weighted by Crippen LogP contribution is -2.53. The van der Waals surface area contributed by atoms with Crippen LogP contribution < -0.4 is 0 Å². The van der Waals surface area contributed by atoms with Crippen LogP contribution in [0.1, 0.15) is 54.4 Å². The zero-order chi connectivity index (χ0) is 14.8. The highest BCUT2D eigenvalue weighted by Gasteiger charge is 2.39. The fraction of sp³-hybridized carbons (Fsp3) is 0.812. The van der Waals surface area contributed by atoms with Gasteiger partial charge in [0.25, 0.3) is 0 Å². The maximum absolute atomic E-state index is 12.4. The molecule has 3 nitrogen and oxygen atoms in total. The van der Waals surface area contributed by atoms with E-state index in [4.69, 9.17) is 11.2 Å². The van der Waals surface area contributed by atoms with Gasteiger partial charge in [0.1, 0.15) is 5.60 Å². The van der Waals surface area contributed by atoms with Crippen molar-refractivity contribution < 1.29 is 9.53 Å². The Morgan fingerprint density at radius 1 is 1.47 bits per heavy atom. The Morgan fingerprint density at radius 3 is 2.53 bits per heavy atom. The average Bonchev–Trinajstić information content (AvgIpc) is 2.24. The minimum absolute atomic E-state index is 0.0589. The van der Waals surface area contributed by atoms with Crippen LogP contribution in [0, 0.1) is 23.7 Å². The van der Waals surface area contributed by atoms with Crippen LogP contribution in [0.25, 0.3) is 0 Å². The molecule has 0 saturated carbocycles. The van der Waals surface area contributed by atoms with Crippen molar-refractivity contribution in [1.82, 2.24) is 4.90 Å². The van der Waals surface area contributed by atoms with Gasteiger partial charge in [-0.25, -0.2) is 4.79 Å². The fourth-order valence-corrected chi connectivity index (χ4v) is 2.50. The Hall–Kier alpha value is -1.17. The fourth-order valence-electron chi connectivity index (χ4n) is 2.50. The van der Waals surface area contributed by atoms with Gasteiger partial charge in [0.05, 0.1) is 0 Å². The van der Waals surface area contributed by atoms with Gasteiger partial charge in [0, 0.05) is 18.5 Å². The molecule has 1 fully saturated rings. The van der Waals surface area contributed by atoms with E-state index in [-0.39, 0.29) is 23.5 Å². The summed E-state index contributed by atoms with van der Waals surface area (Å²) in [6, 6.07) is 0.0906. The van der Waals surface area contributed by atoms with Gasteiger partial charge in [-0.2, -0.15) is 0 Å². The summed E-state index contributed by atoms with van der Waals surface area (Å²) in [5, 5.41) is 0. The van der Waals surface area contributed by atoms with Crippen molar-refractivity contribution in [3.05, 3.63) is 0 Å². The van der Waals surface area contributed by atoms with Crippen molar-refractivity contribution >= 4 is 6.09 Å². The highest BCUT2D eigenvalue weighted by atomic mass is 16.6. The number of likely N-dealkylation sites (tertiary alicyclic amines) is 1. The van der Waals surface area contributed by atoms with E-state index in [1.807, 2.05) is 32.6 Å². The van der Waals surface area contributed by atoms with E-state index in [0.29, 0.717) is 6.54 Å². The molecule has 0 aromatic rings. The first-order chi connectivity index (χ1) is 8.56. The molecule has 0 aromatic carbocycles. The van der Waals surface area contributed by atoms with Gasteiger partial charge in [-0.3, -0.25) is 0 Å². The van der Waals surface area contributed by atoms with E-state index in [1.165, 1.54) is 0 Å². The Balaban J connectivity index is 2.89. The van der Waals surface area contributed by atoms with Crippen LogP contribution in [0.5, 0.6) is 0 Å². The Labute approximate surface area is 117 Å².